The molecule has 0 fully saturated rings. The lowest BCUT2D eigenvalue weighted by Crippen LogP contribution is -2.06. The second kappa shape index (κ2) is 10.5. The molecule has 0 aromatic heterocycles. The third-order valence-electron chi connectivity index (χ3n) is 5.18. The maximum absolute atomic E-state index is 9.83. The Bertz CT molecular complexity index is 1030. The number of allylic oxidation sites excluding steroid dienone is 4. The van der Waals surface area contributed by atoms with Crippen LogP contribution in [0.2, 0.25) is 0 Å². The predicted octanol–water partition coefficient (Wildman–Crippen LogP) is 7.30. The van der Waals surface area contributed by atoms with Gasteiger partial charge in [0.05, 0.1) is 0 Å². The van der Waals surface area contributed by atoms with E-state index in [0.717, 1.165) is 36.2 Å². The first kappa shape index (κ1) is 21.4. The molecule has 0 aliphatic heterocycles. The Balaban J connectivity index is 0.00000124. The van der Waals surface area contributed by atoms with Gasteiger partial charge in [0.1, 0.15) is 5.75 Å². The standard InChI is InChI=1S/C26H25NO.C2H6/c1-19-16-23(14-15-26(19)28)27-24(17-20-8-3-2-4-9-20)18-22-12-7-11-21-10-5-6-13-25(21)22;1-2/h2-6,8-10,12-16,18,27-28H,7,11,17H2,1H3;1-2H3/b24-18-;. The summed E-state index contributed by atoms with van der Waals surface area (Å²) in [5.74, 6) is 0.322. The van der Waals surface area contributed by atoms with Gasteiger partial charge in [-0.2, -0.15) is 0 Å². The first-order valence-electron chi connectivity index (χ1n) is 10.8. The molecule has 0 atom stereocenters. The lowest BCUT2D eigenvalue weighted by molar-refractivity contribution is 0.471. The smallest absolute Gasteiger partial charge is 0.118 e. The van der Waals surface area contributed by atoms with Gasteiger partial charge >= 0.3 is 0 Å². The van der Waals surface area contributed by atoms with Crippen molar-refractivity contribution in [3.63, 3.8) is 0 Å². The number of benzene rings is 3. The predicted molar refractivity (Wildman–Crippen MR) is 129 cm³/mol. The fourth-order valence-corrected chi connectivity index (χ4v) is 3.70. The first-order chi connectivity index (χ1) is 14.7. The number of aryl methyl sites for hydroxylation is 2. The van der Waals surface area contributed by atoms with Gasteiger partial charge < -0.3 is 10.4 Å². The molecule has 3 aromatic rings. The molecule has 0 bridgehead atoms. The van der Waals surface area contributed by atoms with Crippen molar-refractivity contribution in [2.24, 2.45) is 0 Å². The monoisotopic (exact) mass is 397 g/mol. The summed E-state index contributed by atoms with van der Waals surface area (Å²) in [6.07, 6.45) is 7.59. The number of rotatable bonds is 5. The zero-order chi connectivity index (χ0) is 21.3. The van der Waals surface area contributed by atoms with Gasteiger partial charge in [-0.25, -0.2) is 0 Å². The highest BCUT2D eigenvalue weighted by Gasteiger charge is 2.12. The highest BCUT2D eigenvalue weighted by molar-refractivity contribution is 5.78. The van der Waals surface area contributed by atoms with Crippen molar-refractivity contribution < 1.29 is 5.11 Å². The molecule has 0 spiro atoms. The lowest BCUT2D eigenvalue weighted by atomic mass is 9.90. The number of phenols is 1. The summed E-state index contributed by atoms with van der Waals surface area (Å²) in [4.78, 5) is 0. The fourth-order valence-electron chi connectivity index (χ4n) is 3.70. The van der Waals surface area contributed by atoms with Gasteiger partial charge in [-0.3, -0.25) is 0 Å². The van der Waals surface area contributed by atoms with Gasteiger partial charge in [0, 0.05) is 17.8 Å². The van der Waals surface area contributed by atoms with Crippen LogP contribution in [0, 0.1) is 6.92 Å². The summed E-state index contributed by atoms with van der Waals surface area (Å²) in [7, 11) is 0. The van der Waals surface area contributed by atoms with Crippen LogP contribution in [0.3, 0.4) is 0 Å². The average Bonchev–Trinajstić information content (AvgIpc) is 2.79. The van der Waals surface area contributed by atoms with Gasteiger partial charge in [-0.05, 0) is 71.9 Å². The van der Waals surface area contributed by atoms with E-state index in [1.54, 1.807) is 6.07 Å². The largest absolute Gasteiger partial charge is 0.508 e. The van der Waals surface area contributed by atoms with Gasteiger partial charge in [0.2, 0.25) is 0 Å². The second-order valence-electron chi connectivity index (χ2n) is 7.31. The topological polar surface area (TPSA) is 32.3 Å². The average molecular weight is 398 g/mol. The summed E-state index contributed by atoms with van der Waals surface area (Å²) in [5, 5.41) is 13.4. The fraction of sp³-hybridized carbons (Fsp3) is 0.214. The molecule has 0 saturated carbocycles. The summed E-state index contributed by atoms with van der Waals surface area (Å²) in [5.41, 5.74) is 8.27. The Morgan fingerprint density at radius 3 is 2.47 bits per heavy atom. The molecular weight excluding hydrogens is 366 g/mol. The summed E-state index contributed by atoms with van der Waals surface area (Å²) in [6, 6.07) is 24.8. The number of anilines is 1. The lowest BCUT2D eigenvalue weighted by Gasteiger charge is -2.18. The highest BCUT2D eigenvalue weighted by atomic mass is 16.3. The van der Waals surface area contributed by atoms with E-state index in [1.165, 1.54) is 22.3 Å². The molecule has 154 valence electrons. The normalized spacial score (nSPS) is 12.9. The molecule has 2 heteroatoms. The van der Waals surface area contributed by atoms with Crippen LogP contribution in [0.15, 0.2) is 90.6 Å². The van der Waals surface area contributed by atoms with Crippen LogP contribution in [0.25, 0.3) is 5.57 Å². The van der Waals surface area contributed by atoms with Crippen molar-refractivity contribution >= 4 is 11.3 Å². The Morgan fingerprint density at radius 1 is 0.967 bits per heavy atom. The quantitative estimate of drug-likeness (QED) is 0.443. The molecule has 0 heterocycles. The summed E-state index contributed by atoms with van der Waals surface area (Å²) >= 11 is 0. The number of fused-ring (bicyclic) bond motifs is 1. The van der Waals surface area contributed by atoms with Crippen LogP contribution in [-0.4, -0.2) is 5.11 Å². The SMILES string of the molecule is CC.Cc1cc(N/C(=C\C2=CCCc3ccccc32)Cc2ccccc2)ccc1O. The van der Waals surface area contributed by atoms with Crippen molar-refractivity contribution in [2.75, 3.05) is 5.32 Å². The van der Waals surface area contributed by atoms with E-state index in [9.17, 15) is 5.11 Å². The summed E-state index contributed by atoms with van der Waals surface area (Å²) in [6.45, 7) is 5.92. The number of hydrogen-bond acceptors (Lipinski definition) is 2. The van der Waals surface area contributed by atoms with Crippen LogP contribution in [-0.2, 0) is 12.8 Å². The minimum Gasteiger partial charge on any atom is -0.508 e. The van der Waals surface area contributed by atoms with Crippen molar-refractivity contribution in [3.05, 3.63) is 113 Å². The van der Waals surface area contributed by atoms with E-state index in [-0.39, 0.29) is 0 Å². The van der Waals surface area contributed by atoms with E-state index in [0.29, 0.717) is 5.75 Å². The van der Waals surface area contributed by atoms with Crippen molar-refractivity contribution in [2.45, 2.75) is 40.0 Å². The Hall–Kier alpha value is -3.26. The van der Waals surface area contributed by atoms with Gasteiger partial charge in [0.25, 0.3) is 0 Å². The molecule has 3 aromatic carbocycles. The minimum absolute atomic E-state index is 0.322. The highest BCUT2D eigenvalue weighted by Crippen LogP contribution is 2.29. The third kappa shape index (κ3) is 5.42. The van der Waals surface area contributed by atoms with Crippen LogP contribution >= 0.6 is 0 Å². The maximum atomic E-state index is 9.83. The molecular formula is C28H31NO. The number of phenolic OH excluding ortho intramolecular Hbond substituents is 1. The van der Waals surface area contributed by atoms with Gasteiger partial charge in [0.15, 0.2) is 0 Å². The molecule has 2 N–H and O–H groups in total. The Morgan fingerprint density at radius 2 is 1.70 bits per heavy atom. The van der Waals surface area contributed by atoms with Crippen LogP contribution < -0.4 is 5.32 Å². The van der Waals surface area contributed by atoms with Crippen molar-refractivity contribution in [3.8, 4) is 5.75 Å². The van der Waals surface area contributed by atoms with Crippen molar-refractivity contribution in [1.29, 1.82) is 0 Å². The molecule has 0 saturated heterocycles. The van der Waals surface area contributed by atoms with E-state index in [2.05, 4.69) is 66.0 Å². The zero-order valence-corrected chi connectivity index (χ0v) is 18.2. The molecule has 2 nitrogen and oxygen atoms in total. The molecule has 0 unspecified atom stereocenters. The van der Waals surface area contributed by atoms with Crippen LogP contribution in [0.1, 0.15) is 42.5 Å². The third-order valence-corrected chi connectivity index (χ3v) is 5.18. The first-order valence-corrected chi connectivity index (χ1v) is 10.8. The van der Waals surface area contributed by atoms with E-state index in [1.807, 2.05) is 39.0 Å². The van der Waals surface area contributed by atoms with Crippen molar-refractivity contribution in [1.82, 2.24) is 0 Å². The van der Waals surface area contributed by atoms with E-state index >= 15 is 0 Å². The molecule has 4 rings (SSSR count). The minimum atomic E-state index is 0.322. The zero-order valence-electron chi connectivity index (χ0n) is 18.2. The molecule has 0 radical (unpaired) electrons. The van der Waals surface area contributed by atoms with E-state index < -0.39 is 0 Å². The van der Waals surface area contributed by atoms with Crippen LogP contribution in [0.5, 0.6) is 5.75 Å². The van der Waals surface area contributed by atoms with Gasteiger partial charge in [-0.1, -0.05) is 74.5 Å². The number of hydrogen-bond donors (Lipinski definition) is 2. The van der Waals surface area contributed by atoms with E-state index in [4.69, 9.17) is 0 Å². The molecule has 30 heavy (non-hydrogen) atoms. The maximum Gasteiger partial charge on any atom is 0.118 e. The Kier molecular flexibility index (Phi) is 7.51. The Labute approximate surface area is 180 Å². The summed E-state index contributed by atoms with van der Waals surface area (Å²) < 4.78 is 0. The van der Waals surface area contributed by atoms with Gasteiger partial charge in [-0.15, -0.1) is 0 Å². The molecule has 1 aliphatic carbocycles. The number of aromatic hydroxyl groups is 1. The second-order valence-corrected chi connectivity index (χ2v) is 7.31. The number of nitrogens with one attached hydrogen (secondary N) is 1. The van der Waals surface area contributed by atoms with Crippen LogP contribution in [0.4, 0.5) is 5.69 Å². The molecule has 0 amide bonds. The molecule has 1 aliphatic rings.